The second kappa shape index (κ2) is 6.27. The molecule has 0 aliphatic carbocycles. The minimum Gasteiger partial charge on any atom is -0.237 e. The molecule has 2 aromatic carbocycles. The van der Waals surface area contributed by atoms with Gasteiger partial charge in [0.15, 0.2) is 0 Å². The summed E-state index contributed by atoms with van der Waals surface area (Å²) in [6.45, 7) is 4.21. The van der Waals surface area contributed by atoms with Crippen molar-refractivity contribution in [1.29, 1.82) is 0 Å². The smallest absolute Gasteiger partial charge is 0.139 e. The highest BCUT2D eigenvalue weighted by Crippen LogP contribution is 2.21. The van der Waals surface area contributed by atoms with Gasteiger partial charge in [-0.3, -0.25) is 0 Å². The Kier molecular flexibility index (Phi) is 4.20. The van der Waals surface area contributed by atoms with Gasteiger partial charge in [0, 0.05) is 16.8 Å². The molecule has 3 aromatic rings. The highest BCUT2D eigenvalue weighted by atomic mass is 32.2. The molecule has 0 saturated carbocycles. The minimum absolute atomic E-state index is 0.847. The average Bonchev–Trinajstić information content (AvgIpc) is 2.49. The van der Waals surface area contributed by atoms with Gasteiger partial charge in [-0.15, -0.1) is 11.8 Å². The van der Waals surface area contributed by atoms with Crippen molar-refractivity contribution in [2.45, 2.75) is 25.4 Å². The largest absolute Gasteiger partial charge is 0.237 e. The monoisotopic (exact) mass is 294 g/mol. The van der Waals surface area contributed by atoms with Gasteiger partial charge < -0.3 is 0 Å². The maximum Gasteiger partial charge on any atom is 0.139 e. The maximum atomic E-state index is 4.66. The first kappa shape index (κ1) is 14.1. The van der Waals surface area contributed by atoms with Gasteiger partial charge in [-0.25, -0.2) is 9.97 Å². The summed E-state index contributed by atoms with van der Waals surface area (Å²) in [5.74, 6) is 2.77. The van der Waals surface area contributed by atoms with E-state index in [2.05, 4.69) is 60.2 Å². The fourth-order valence-corrected chi connectivity index (χ4v) is 3.34. The standard InChI is InChI=1S/C18H18N2S/c1-13-7-3-4-8-15(13)11-21-12-18-19-14(2)16-9-5-6-10-17(16)20-18/h3-10H,11-12H2,1-2H3. The molecule has 0 spiro atoms. The molecule has 0 aliphatic heterocycles. The topological polar surface area (TPSA) is 25.8 Å². The molecule has 2 nitrogen and oxygen atoms in total. The molecule has 1 heterocycles. The third-order valence-corrected chi connectivity index (χ3v) is 4.57. The summed E-state index contributed by atoms with van der Waals surface area (Å²) in [6, 6.07) is 16.7. The van der Waals surface area contributed by atoms with E-state index in [0.717, 1.165) is 33.9 Å². The number of fused-ring (bicyclic) bond motifs is 1. The number of aryl methyl sites for hydroxylation is 2. The molecule has 0 radical (unpaired) electrons. The number of benzene rings is 2. The number of para-hydroxylation sites is 1. The van der Waals surface area contributed by atoms with Gasteiger partial charge >= 0.3 is 0 Å². The molecule has 3 heteroatoms. The number of hydrogen-bond acceptors (Lipinski definition) is 3. The Balaban J connectivity index is 1.72. The van der Waals surface area contributed by atoms with E-state index in [1.54, 1.807) is 0 Å². The SMILES string of the molecule is Cc1ccccc1CSCc1nc(C)c2ccccc2n1. The zero-order valence-corrected chi connectivity index (χ0v) is 13.2. The molecule has 0 unspecified atom stereocenters. The van der Waals surface area contributed by atoms with Crippen molar-refractivity contribution in [3.63, 3.8) is 0 Å². The Morgan fingerprint density at radius 1 is 0.857 bits per heavy atom. The maximum absolute atomic E-state index is 4.66. The predicted molar refractivity (Wildman–Crippen MR) is 90.5 cm³/mol. The van der Waals surface area contributed by atoms with Gasteiger partial charge in [-0.05, 0) is 31.0 Å². The quantitative estimate of drug-likeness (QED) is 0.698. The molecule has 21 heavy (non-hydrogen) atoms. The summed E-state index contributed by atoms with van der Waals surface area (Å²) < 4.78 is 0. The van der Waals surface area contributed by atoms with Crippen LogP contribution in [0.2, 0.25) is 0 Å². The van der Waals surface area contributed by atoms with Crippen molar-refractivity contribution in [3.8, 4) is 0 Å². The van der Waals surface area contributed by atoms with E-state index in [1.165, 1.54) is 11.1 Å². The summed E-state index contributed by atoms with van der Waals surface area (Å²) in [5.41, 5.74) is 4.84. The lowest BCUT2D eigenvalue weighted by atomic mass is 10.1. The van der Waals surface area contributed by atoms with E-state index in [9.17, 15) is 0 Å². The number of hydrogen-bond donors (Lipinski definition) is 0. The van der Waals surface area contributed by atoms with Crippen molar-refractivity contribution in [3.05, 3.63) is 71.2 Å². The van der Waals surface area contributed by atoms with Crippen LogP contribution in [0.1, 0.15) is 22.6 Å². The normalized spacial score (nSPS) is 11.0. The number of thioether (sulfide) groups is 1. The Morgan fingerprint density at radius 2 is 1.62 bits per heavy atom. The summed E-state index contributed by atoms with van der Waals surface area (Å²) in [4.78, 5) is 9.28. The molecule has 1 aromatic heterocycles. The van der Waals surface area contributed by atoms with Crippen molar-refractivity contribution in [1.82, 2.24) is 9.97 Å². The molecular weight excluding hydrogens is 276 g/mol. The van der Waals surface area contributed by atoms with Crippen molar-refractivity contribution in [2.24, 2.45) is 0 Å². The van der Waals surface area contributed by atoms with Crippen LogP contribution in [-0.2, 0) is 11.5 Å². The van der Waals surface area contributed by atoms with E-state index in [1.807, 2.05) is 23.9 Å². The lowest BCUT2D eigenvalue weighted by Crippen LogP contribution is -1.97. The average molecular weight is 294 g/mol. The number of nitrogens with zero attached hydrogens (tertiary/aromatic N) is 2. The van der Waals surface area contributed by atoms with Crippen molar-refractivity contribution in [2.75, 3.05) is 0 Å². The van der Waals surface area contributed by atoms with Gasteiger partial charge in [0.2, 0.25) is 0 Å². The summed E-state index contributed by atoms with van der Waals surface area (Å²) in [6.07, 6.45) is 0. The molecule has 0 atom stereocenters. The van der Waals surface area contributed by atoms with Crippen LogP contribution in [0.25, 0.3) is 10.9 Å². The van der Waals surface area contributed by atoms with Crippen molar-refractivity contribution >= 4 is 22.7 Å². The van der Waals surface area contributed by atoms with Crippen LogP contribution < -0.4 is 0 Å². The predicted octanol–water partition coefficient (Wildman–Crippen LogP) is 4.68. The Bertz CT molecular complexity index is 768. The second-order valence-electron chi connectivity index (χ2n) is 5.16. The van der Waals surface area contributed by atoms with Gasteiger partial charge in [-0.1, -0.05) is 42.5 Å². The highest BCUT2D eigenvalue weighted by Gasteiger charge is 2.05. The molecule has 0 amide bonds. The van der Waals surface area contributed by atoms with Crippen LogP contribution in [0.3, 0.4) is 0 Å². The Hall–Kier alpha value is -1.87. The van der Waals surface area contributed by atoms with Crippen LogP contribution in [0.5, 0.6) is 0 Å². The zero-order chi connectivity index (χ0) is 14.7. The Labute approximate surface area is 129 Å². The lowest BCUT2D eigenvalue weighted by Gasteiger charge is -2.07. The molecule has 0 bridgehead atoms. The first-order valence-corrected chi connectivity index (χ1v) is 8.24. The van der Waals surface area contributed by atoms with Gasteiger partial charge in [-0.2, -0.15) is 0 Å². The highest BCUT2D eigenvalue weighted by molar-refractivity contribution is 7.97. The van der Waals surface area contributed by atoms with Crippen LogP contribution in [0.4, 0.5) is 0 Å². The Morgan fingerprint density at radius 3 is 2.48 bits per heavy atom. The molecular formula is C18H18N2S. The third kappa shape index (κ3) is 3.24. The van der Waals surface area contributed by atoms with Gasteiger partial charge in [0.1, 0.15) is 5.82 Å². The molecule has 3 rings (SSSR count). The summed E-state index contributed by atoms with van der Waals surface area (Å²) in [5, 5.41) is 1.14. The van der Waals surface area contributed by atoms with Crippen LogP contribution in [0.15, 0.2) is 48.5 Å². The third-order valence-electron chi connectivity index (χ3n) is 3.59. The molecule has 0 saturated heterocycles. The van der Waals surface area contributed by atoms with E-state index in [4.69, 9.17) is 0 Å². The van der Waals surface area contributed by atoms with Gasteiger partial charge in [0.25, 0.3) is 0 Å². The first-order chi connectivity index (χ1) is 10.2. The van der Waals surface area contributed by atoms with E-state index < -0.39 is 0 Å². The van der Waals surface area contributed by atoms with Gasteiger partial charge in [0.05, 0.1) is 11.3 Å². The van der Waals surface area contributed by atoms with Crippen molar-refractivity contribution < 1.29 is 0 Å². The van der Waals surface area contributed by atoms with Crippen LogP contribution in [-0.4, -0.2) is 9.97 Å². The molecule has 0 N–H and O–H groups in total. The van der Waals surface area contributed by atoms with E-state index >= 15 is 0 Å². The zero-order valence-electron chi connectivity index (χ0n) is 12.3. The van der Waals surface area contributed by atoms with E-state index in [-0.39, 0.29) is 0 Å². The minimum atomic E-state index is 0.847. The molecule has 106 valence electrons. The fourth-order valence-electron chi connectivity index (χ4n) is 2.38. The molecule has 0 fully saturated rings. The summed E-state index contributed by atoms with van der Waals surface area (Å²) >= 11 is 1.87. The van der Waals surface area contributed by atoms with Crippen LogP contribution in [0, 0.1) is 13.8 Å². The summed E-state index contributed by atoms with van der Waals surface area (Å²) in [7, 11) is 0. The van der Waals surface area contributed by atoms with Crippen LogP contribution >= 0.6 is 11.8 Å². The first-order valence-electron chi connectivity index (χ1n) is 7.08. The molecule has 0 aliphatic rings. The number of rotatable bonds is 4. The fraction of sp³-hybridized carbons (Fsp3) is 0.222. The lowest BCUT2D eigenvalue weighted by molar-refractivity contribution is 1.03. The second-order valence-corrected chi connectivity index (χ2v) is 6.15. The van der Waals surface area contributed by atoms with E-state index in [0.29, 0.717) is 0 Å². The number of aromatic nitrogens is 2.